The fourth-order valence-electron chi connectivity index (χ4n) is 5.68. The minimum atomic E-state index is 0.0290. The summed E-state index contributed by atoms with van der Waals surface area (Å²) in [5, 5.41) is 3.87. The van der Waals surface area contributed by atoms with E-state index in [1.807, 2.05) is 36.1 Å². The van der Waals surface area contributed by atoms with E-state index in [1.54, 1.807) is 6.20 Å². The van der Waals surface area contributed by atoms with E-state index in [4.69, 9.17) is 15.7 Å². The van der Waals surface area contributed by atoms with Gasteiger partial charge in [-0.1, -0.05) is 12.6 Å². The number of amides is 1. The van der Waals surface area contributed by atoms with Crippen LogP contribution in [0, 0.1) is 6.92 Å². The fraction of sp³-hybridized carbons (Fsp3) is 0.310. The molecule has 3 aromatic heterocycles. The Kier molecular flexibility index (Phi) is 5.96. The number of anilines is 1. The number of nitrogens with zero attached hydrogens (tertiary/aromatic N) is 5. The molecule has 2 aliphatic rings. The number of carbonyl (C=O) groups is 1. The lowest BCUT2D eigenvalue weighted by Gasteiger charge is -2.33. The Bertz CT molecular complexity index is 1500. The Morgan fingerprint density at radius 1 is 1.14 bits per heavy atom. The summed E-state index contributed by atoms with van der Waals surface area (Å²) in [6.07, 6.45) is 7.11. The maximum absolute atomic E-state index is 11.9. The summed E-state index contributed by atoms with van der Waals surface area (Å²) in [6.45, 7) is 7.16. The number of hydrogen-bond donors (Lipinski definition) is 2. The predicted molar refractivity (Wildman–Crippen MR) is 145 cm³/mol. The second kappa shape index (κ2) is 9.44. The molecule has 8 nitrogen and oxygen atoms in total. The molecule has 1 aliphatic carbocycles. The normalized spacial score (nSPS) is 17.8. The van der Waals surface area contributed by atoms with Crippen molar-refractivity contribution < 1.29 is 4.79 Å². The molecule has 0 bridgehead atoms. The molecule has 0 radical (unpaired) electrons. The number of carbonyl (C=O) groups excluding carboxylic acids is 1. The van der Waals surface area contributed by atoms with E-state index in [1.165, 1.54) is 17.2 Å². The largest absolute Gasteiger partial charge is 0.383 e. The zero-order valence-corrected chi connectivity index (χ0v) is 21.0. The molecule has 1 saturated heterocycles. The summed E-state index contributed by atoms with van der Waals surface area (Å²) in [7, 11) is 0. The maximum Gasteiger partial charge on any atom is 0.245 e. The minimum absolute atomic E-state index is 0.0290. The summed E-state index contributed by atoms with van der Waals surface area (Å²) in [5.41, 5.74) is 13.3. The van der Waals surface area contributed by atoms with Crippen molar-refractivity contribution in [2.45, 2.75) is 44.7 Å². The highest BCUT2D eigenvalue weighted by molar-refractivity contribution is 5.87. The first-order valence-electron chi connectivity index (χ1n) is 12.9. The van der Waals surface area contributed by atoms with Crippen molar-refractivity contribution in [2.24, 2.45) is 0 Å². The van der Waals surface area contributed by atoms with Crippen LogP contribution in [0.15, 0.2) is 61.3 Å². The number of nitrogens with two attached hydrogens (primary N) is 1. The molecule has 4 aromatic rings. The monoisotopic (exact) mass is 493 g/mol. The first-order chi connectivity index (χ1) is 18.0. The number of pyridine rings is 2. The highest BCUT2D eigenvalue weighted by Crippen LogP contribution is 2.36. The smallest absolute Gasteiger partial charge is 0.245 e. The van der Waals surface area contributed by atoms with Gasteiger partial charge in [0.1, 0.15) is 11.3 Å². The molecule has 1 unspecified atom stereocenters. The van der Waals surface area contributed by atoms with E-state index in [9.17, 15) is 4.79 Å². The molecule has 0 spiro atoms. The molecule has 1 fully saturated rings. The van der Waals surface area contributed by atoms with Crippen LogP contribution in [0.3, 0.4) is 0 Å². The van der Waals surface area contributed by atoms with Gasteiger partial charge in [-0.3, -0.25) is 9.36 Å². The van der Waals surface area contributed by atoms with Gasteiger partial charge in [0.05, 0.1) is 5.56 Å². The highest BCUT2D eigenvalue weighted by Gasteiger charge is 2.28. The van der Waals surface area contributed by atoms with Crippen LogP contribution in [0.25, 0.3) is 28.2 Å². The van der Waals surface area contributed by atoms with Gasteiger partial charge in [-0.2, -0.15) is 0 Å². The average molecular weight is 494 g/mol. The summed E-state index contributed by atoms with van der Waals surface area (Å²) in [4.78, 5) is 27.8. The lowest BCUT2D eigenvalue weighted by atomic mass is 10.0. The first kappa shape index (κ1) is 23.4. The molecule has 4 heterocycles. The number of imidazole rings is 1. The van der Waals surface area contributed by atoms with Crippen LogP contribution >= 0.6 is 0 Å². The van der Waals surface area contributed by atoms with Crippen molar-refractivity contribution in [3.8, 4) is 17.1 Å². The number of nitrogen functional groups attached to an aromatic ring is 1. The number of fused-ring (bicyclic) bond motifs is 2. The molecular formula is C29H31N7O. The topological polar surface area (TPSA) is 102 Å². The van der Waals surface area contributed by atoms with Gasteiger partial charge in [-0.05, 0) is 86.2 Å². The maximum atomic E-state index is 11.9. The van der Waals surface area contributed by atoms with E-state index in [0.717, 1.165) is 72.7 Å². The molecule has 6 rings (SSSR count). The minimum Gasteiger partial charge on any atom is -0.383 e. The lowest BCUT2D eigenvalue weighted by molar-refractivity contribution is -0.127. The van der Waals surface area contributed by atoms with Gasteiger partial charge in [0, 0.05) is 42.8 Å². The zero-order chi connectivity index (χ0) is 25.5. The lowest BCUT2D eigenvalue weighted by Crippen LogP contribution is -2.45. The van der Waals surface area contributed by atoms with E-state index < -0.39 is 0 Å². The van der Waals surface area contributed by atoms with E-state index >= 15 is 0 Å². The van der Waals surface area contributed by atoms with Gasteiger partial charge in [0.15, 0.2) is 11.5 Å². The Labute approximate surface area is 216 Å². The van der Waals surface area contributed by atoms with Crippen LogP contribution in [0.4, 0.5) is 5.82 Å². The third-order valence-electron chi connectivity index (χ3n) is 7.60. The van der Waals surface area contributed by atoms with Crippen LogP contribution in [0.2, 0.25) is 0 Å². The summed E-state index contributed by atoms with van der Waals surface area (Å²) >= 11 is 0. The third-order valence-corrected chi connectivity index (χ3v) is 7.60. The zero-order valence-electron chi connectivity index (χ0n) is 21.0. The van der Waals surface area contributed by atoms with Crippen molar-refractivity contribution in [1.82, 2.24) is 29.7 Å². The second-order valence-corrected chi connectivity index (χ2v) is 9.95. The molecule has 8 heteroatoms. The van der Waals surface area contributed by atoms with E-state index in [2.05, 4.69) is 39.6 Å². The highest BCUT2D eigenvalue weighted by atomic mass is 16.2. The SMILES string of the molecule is C=CC(=O)N1CCC(NC2CCc3cc(-n4c(-c5cccnc5N)nc5ccc(C)nc54)ccc32)CC1. The third kappa shape index (κ3) is 4.27. The van der Waals surface area contributed by atoms with Crippen LogP contribution in [0.5, 0.6) is 0 Å². The Morgan fingerprint density at radius 3 is 2.76 bits per heavy atom. The molecule has 1 aromatic carbocycles. The predicted octanol–water partition coefficient (Wildman–Crippen LogP) is 4.13. The number of nitrogens with one attached hydrogen (secondary N) is 1. The summed E-state index contributed by atoms with van der Waals surface area (Å²) < 4.78 is 2.10. The quantitative estimate of drug-likeness (QED) is 0.406. The molecule has 1 atom stereocenters. The van der Waals surface area contributed by atoms with Crippen molar-refractivity contribution in [3.05, 3.63) is 78.1 Å². The van der Waals surface area contributed by atoms with Crippen molar-refractivity contribution >= 4 is 22.9 Å². The average Bonchev–Trinajstić information content (AvgIpc) is 3.49. The summed E-state index contributed by atoms with van der Waals surface area (Å²) in [5.74, 6) is 1.22. The summed E-state index contributed by atoms with van der Waals surface area (Å²) in [6, 6.07) is 15.2. The Hall–Kier alpha value is -4.04. The Morgan fingerprint density at radius 2 is 1.97 bits per heavy atom. The van der Waals surface area contributed by atoms with Crippen LogP contribution in [-0.2, 0) is 11.2 Å². The van der Waals surface area contributed by atoms with E-state index in [0.29, 0.717) is 17.9 Å². The van der Waals surface area contributed by atoms with Gasteiger partial charge < -0.3 is 16.0 Å². The number of aryl methyl sites for hydroxylation is 2. The van der Waals surface area contributed by atoms with Crippen molar-refractivity contribution in [1.29, 1.82) is 0 Å². The number of benzene rings is 1. The van der Waals surface area contributed by atoms with Gasteiger partial charge in [-0.15, -0.1) is 0 Å². The molecule has 188 valence electrons. The number of likely N-dealkylation sites (tertiary alicyclic amines) is 1. The van der Waals surface area contributed by atoms with Crippen LogP contribution in [-0.4, -0.2) is 49.5 Å². The number of hydrogen-bond acceptors (Lipinski definition) is 6. The molecule has 37 heavy (non-hydrogen) atoms. The van der Waals surface area contributed by atoms with Gasteiger partial charge in [0.2, 0.25) is 5.91 Å². The number of aromatic nitrogens is 4. The van der Waals surface area contributed by atoms with Gasteiger partial charge in [0.25, 0.3) is 0 Å². The molecule has 0 saturated carbocycles. The molecule has 1 amide bonds. The van der Waals surface area contributed by atoms with Crippen LogP contribution in [0.1, 0.15) is 42.1 Å². The van der Waals surface area contributed by atoms with E-state index in [-0.39, 0.29) is 5.91 Å². The van der Waals surface area contributed by atoms with Gasteiger partial charge in [-0.25, -0.2) is 15.0 Å². The van der Waals surface area contributed by atoms with Crippen molar-refractivity contribution in [2.75, 3.05) is 18.8 Å². The number of piperidine rings is 1. The second-order valence-electron chi connectivity index (χ2n) is 9.95. The number of rotatable bonds is 5. The standard InChI is InChI=1S/C29H31N7O/c1-3-26(37)35-15-12-20(13-16-35)33-24-11-7-19-17-21(8-9-22(19)24)36-28(23-5-4-14-31-27(23)30)34-25-10-6-18(2)32-29(25)36/h3-6,8-10,14,17,20,24,33H,1,7,11-13,15-16H2,2H3,(H2,30,31). The molecule has 3 N–H and O–H groups in total. The first-order valence-corrected chi connectivity index (χ1v) is 12.9. The van der Waals surface area contributed by atoms with Crippen molar-refractivity contribution in [3.63, 3.8) is 0 Å². The van der Waals surface area contributed by atoms with Gasteiger partial charge >= 0.3 is 0 Å². The fourth-order valence-corrected chi connectivity index (χ4v) is 5.68. The molecule has 1 aliphatic heterocycles. The van der Waals surface area contributed by atoms with Crippen LogP contribution < -0.4 is 11.1 Å². The molecular weight excluding hydrogens is 462 g/mol. The Balaban J connectivity index is 1.31.